The Morgan fingerprint density at radius 2 is 1.71 bits per heavy atom. The average molecular weight is 305 g/mol. The van der Waals surface area contributed by atoms with Gasteiger partial charge in [-0.2, -0.15) is 23.7 Å². The lowest BCUT2D eigenvalue weighted by Crippen LogP contribution is -2.19. The molecule has 0 aromatic heterocycles. The minimum absolute atomic E-state index is 0.0344. The number of hydrogen-bond acceptors (Lipinski definition) is 3. The lowest BCUT2D eigenvalue weighted by atomic mass is 10.1. The van der Waals surface area contributed by atoms with Crippen molar-refractivity contribution in [1.29, 1.82) is 10.5 Å². The molecule has 3 nitrogen and oxygen atoms in total. The highest BCUT2D eigenvalue weighted by molar-refractivity contribution is 9.10. The Bertz CT molecular complexity index is 514. The van der Waals surface area contributed by atoms with Gasteiger partial charge in [0.15, 0.2) is 6.61 Å². The molecule has 0 heterocycles. The lowest BCUT2D eigenvalue weighted by molar-refractivity contribution is -0.153. The zero-order chi connectivity index (χ0) is 13.1. The first-order chi connectivity index (χ1) is 7.87. The van der Waals surface area contributed by atoms with Crippen molar-refractivity contribution >= 4 is 15.9 Å². The summed E-state index contributed by atoms with van der Waals surface area (Å²) in [4.78, 5) is 0. The van der Waals surface area contributed by atoms with E-state index >= 15 is 0 Å². The van der Waals surface area contributed by atoms with Crippen LogP contribution in [0.1, 0.15) is 11.1 Å². The van der Waals surface area contributed by atoms with Crippen LogP contribution >= 0.6 is 15.9 Å². The van der Waals surface area contributed by atoms with Crippen molar-refractivity contribution in [2.24, 2.45) is 0 Å². The molecular formula is C10H4BrF3N2O. The van der Waals surface area contributed by atoms with Crippen LogP contribution in [0.25, 0.3) is 0 Å². The maximum atomic E-state index is 11.9. The zero-order valence-corrected chi connectivity index (χ0v) is 9.76. The first-order valence-corrected chi connectivity index (χ1v) is 5.00. The monoisotopic (exact) mass is 304 g/mol. The normalized spacial score (nSPS) is 10.5. The molecule has 0 aliphatic carbocycles. The van der Waals surface area contributed by atoms with Gasteiger partial charge in [0.1, 0.15) is 17.9 Å². The van der Waals surface area contributed by atoms with Gasteiger partial charge in [0.25, 0.3) is 0 Å². The van der Waals surface area contributed by atoms with Crippen molar-refractivity contribution in [3.05, 3.63) is 27.7 Å². The third-order valence-electron chi connectivity index (χ3n) is 1.70. The van der Waals surface area contributed by atoms with Crippen LogP contribution in [0.3, 0.4) is 0 Å². The number of hydrogen-bond donors (Lipinski definition) is 0. The third-order valence-corrected chi connectivity index (χ3v) is 2.32. The van der Waals surface area contributed by atoms with Gasteiger partial charge in [0.2, 0.25) is 0 Å². The van der Waals surface area contributed by atoms with Crippen molar-refractivity contribution in [2.45, 2.75) is 6.18 Å². The minimum Gasteiger partial charge on any atom is -0.483 e. The van der Waals surface area contributed by atoms with Crippen molar-refractivity contribution in [3.63, 3.8) is 0 Å². The number of nitriles is 2. The first kappa shape index (κ1) is 13.3. The first-order valence-electron chi connectivity index (χ1n) is 4.20. The van der Waals surface area contributed by atoms with Gasteiger partial charge in [0.05, 0.1) is 15.6 Å². The number of alkyl halides is 3. The van der Waals surface area contributed by atoms with E-state index in [1.54, 1.807) is 12.1 Å². The standard InChI is InChI=1S/C10H4BrF3N2O/c11-8-1-6(3-15)7(4-16)2-9(8)17-5-10(12,13)14/h1-2H,5H2. The van der Waals surface area contributed by atoms with Gasteiger partial charge in [-0.25, -0.2) is 0 Å². The average Bonchev–Trinajstić information content (AvgIpc) is 2.25. The van der Waals surface area contributed by atoms with E-state index in [1.165, 1.54) is 6.07 Å². The Kier molecular flexibility index (Phi) is 3.97. The fourth-order valence-electron chi connectivity index (χ4n) is 1.01. The highest BCUT2D eigenvalue weighted by atomic mass is 79.9. The van der Waals surface area contributed by atoms with Crippen LogP contribution in [0.15, 0.2) is 16.6 Å². The number of rotatable bonds is 2. The van der Waals surface area contributed by atoms with E-state index in [0.29, 0.717) is 0 Å². The lowest BCUT2D eigenvalue weighted by Gasteiger charge is -2.11. The fraction of sp³-hybridized carbons (Fsp3) is 0.200. The maximum Gasteiger partial charge on any atom is 0.422 e. The van der Waals surface area contributed by atoms with E-state index in [0.717, 1.165) is 6.07 Å². The molecule has 1 aromatic carbocycles. The second-order valence-corrected chi connectivity index (χ2v) is 3.81. The van der Waals surface area contributed by atoms with Crippen LogP contribution in [-0.4, -0.2) is 12.8 Å². The molecule has 0 bridgehead atoms. The third kappa shape index (κ3) is 3.65. The molecule has 0 aliphatic rings. The highest BCUT2D eigenvalue weighted by Gasteiger charge is 2.29. The largest absolute Gasteiger partial charge is 0.483 e. The Morgan fingerprint density at radius 1 is 1.18 bits per heavy atom. The summed E-state index contributed by atoms with van der Waals surface area (Å²) in [5.74, 6) is -0.127. The predicted octanol–water partition coefficient (Wildman–Crippen LogP) is 3.13. The Labute approximate surface area is 103 Å². The second kappa shape index (κ2) is 5.07. The van der Waals surface area contributed by atoms with Crippen molar-refractivity contribution in [2.75, 3.05) is 6.61 Å². The summed E-state index contributed by atoms with van der Waals surface area (Å²) >= 11 is 2.97. The molecule has 0 unspecified atom stereocenters. The molecule has 0 amide bonds. The van der Waals surface area contributed by atoms with E-state index in [2.05, 4.69) is 20.7 Å². The molecule has 17 heavy (non-hydrogen) atoms. The molecule has 0 N–H and O–H groups in total. The van der Waals surface area contributed by atoms with Gasteiger partial charge in [-0.15, -0.1) is 0 Å². The molecule has 0 spiro atoms. The topological polar surface area (TPSA) is 56.8 Å². The second-order valence-electron chi connectivity index (χ2n) is 2.96. The molecule has 0 saturated heterocycles. The number of halogens is 4. The van der Waals surface area contributed by atoms with Crippen LogP contribution in [0.4, 0.5) is 13.2 Å². The number of ether oxygens (including phenoxy) is 1. The fourth-order valence-corrected chi connectivity index (χ4v) is 1.47. The SMILES string of the molecule is N#Cc1cc(Br)c(OCC(F)(F)F)cc1C#N. The summed E-state index contributed by atoms with van der Waals surface area (Å²) in [5, 5.41) is 17.4. The van der Waals surface area contributed by atoms with Crippen LogP contribution in [0.5, 0.6) is 5.75 Å². The van der Waals surface area contributed by atoms with E-state index < -0.39 is 12.8 Å². The molecule has 0 fully saturated rings. The van der Waals surface area contributed by atoms with Gasteiger partial charge in [-0.1, -0.05) is 0 Å². The number of benzene rings is 1. The Hall–Kier alpha value is -1.73. The summed E-state index contributed by atoms with van der Waals surface area (Å²) in [6.07, 6.45) is -4.46. The highest BCUT2D eigenvalue weighted by Crippen LogP contribution is 2.29. The summed E-state index contributed by atoms with van der Waals surface area (Å²) in [6, 6.07) is 5.80. The maximum absolute atomic E-state index is 11.9. The van der Waals surface area contributed by atoms with E-state index in [4.69, 9.17) is 10.5 Å². The van der Waals surface area contributed by atoms with E-state index in [1.807, 2.05) is 0 Å². The van der Waals surface area contributed by atoms with Gasteiger partial charge in [0, 0.05) is 6.07 Å². The zero-order valence-electron chi connectivity index (χ0n) is 8.18. The minimum atomic E-state index is -4.46. The summed E-state index contributed by atoms with van der Waals surface area (Å²) in [7, 11) is 0. The Balaban J connectivity index is 3.03. The van der Waals surface area contributed by atoms with Gasteiger partial charge >= 0.3 is 6.18 Å². The van der Waals surface area contributed by atoms with Gasteiger partial charge in [-0.05, 0) is 22.0 Å². The molecule has 88 valence electrons. The van der Waals surface area contributed by atoms with Crippen LogP contribution < -0.4 is 4.74 Å². The van der Waals surface area contributed by atoms with Crippen molar-refractivity contribution in [3.8, 4) is 17.9 Å². The van der Waals surface area contributed by atoms with Crippen LogP contribution in [0, 0.1) is 22.7 Å². The van der Waals surface area contributed by atoms with E-state index in [9.17, 15) is 13.2 Å². The van der Waals surface area contributed by atoms with Crippen molar-refractivity contribution in [1.82, 2.24) is 0 Å². The van der Waals surface area contributed by atoms with Gasteiger partial charge < -0.3 is 4.74 Å². The summed E-state index contributed by atoms with van der Waals surface area (Å²) < 4.78 is 40.5. The quantitative estimate of drug-likeness (QED) is 0.843. The number of nitrogens with zero attached hydrogens (tertiary/aromatic N) is 2. The molecular weight excluding hydrogens is 301 g/mol. The van der Waals surface area contributed by atoms with Crippen molar-refractivity contribution < 1.29 is 17.9 Å². The molecule has 1 aromatic rings. The summed E-state index contributed by atoms with van der Waals surface area (Å²) in [5.41, 5.74) is 0.0339. The molecule has 0 radical (unpaired) electrons. The Morgan fingerprint density at radius 3 is 2.18 bits per heavy atom. The van der Waals surface area contributed by atoms with Crippen LogP contribution in [-0.2, 0) is 0 Å². The molecule has 1 rings (SSSR count). The molecule has 0 saturated carbocycles. The molecule has 0 aliphatic heterocycles. The van der Waals surface area contributed by atoms with E-state index in [-0.39, 0.29) is 21.3 Å². The predicted molar refractivity (Wildman–Crippen MR) is 55.1 cm³/mol. The molecule has 7 heteroatoms. The molecule has 0 atom stereocenters. The summed E-state index contributed by atoms with van der Waals surface area (Å²) in [6.45, 7) is -1.46. The van der Waals surface area contributed by atoms with Crippen LogP contribution in [0.2, 0.25) is 0 Å². The van der Waals surface area contributed by atoms with Gasteiger partial charge in [-0.3, -0.25) is 0 Å². The smallest absolute Gasteiger partial charge is 0.422 e.